The van der Waals surface area contributed by atoms with E-state index in [2.05, 4.69) is 74.0 Å². The molecule has 0 aliphatic heterocycles. The van der Waals surface area contributed by atoms with E-state index in [-0.39, 0.29) is 7.92 Å². The number of para-hydroxylation sites is 1. The summed E-state index contributed by atoms with van der Waals surface area (Å²) in [7, 11) is 0.385. The van der Waals surface area contributed by atoms with E-state index in [0.29, 0.717) is 7.92 Å². The molecule has 208 valence electrons. The second-order valence-corrected chi connectivity index (χ2v) is 16.9. The highest BCUT2D eigenvalue weighted by atomic mass is 31.1. The largest absolute Gasteiger partial charge is 0.317 e. The zero-order valence-corrected chi connectivity index (χ0v) is 26.3. The van der Waals surface area contributed by atoms with Gasteiger partial charge in [-0.15, -0.1) is 7.92 Å². The van der Waals surface area contributed by atoms with Gasteiger partial charge in [0.15, 0.2) is 0 Å². The highest BCUT2D eigenvalue weighted by molar-refractivity contribution is 7.66. The molecule has 0 spiro atoms. The normalized spacial score (nSPS) is 17.2. The molecule has 4 rings (SSSR count). The van der Waals surface area contributed by atoms with E-state index >= 15 is 0 Å². The van der Waals surface area contributed by atoms with E-state index in [1.165, 1.54) is 108 Å². The summed E-state index contributed by atoms with van der Waals surface area (Å²) in [6, 6.07) is 15.7. The molecule has 1 aromatic carbocycles. The van der Waals surface area contributed by atoms with Crippen LogP contribution in [0.3, 0.4) is 0 Å². The first-order valence-corrected chi connectivity index (χ1v) is 19.4. The van der Waals surface area contributed by atoms with E-state index in [9.17, 15) is 0 Å². The predicted octanol–water partition coefficient (Wildman–Crippen LogP) is 11.1. The molecular formula is C34H57NP2. The molecular weight excluding hydrogens is 484 g/mol. The summed E-state index contributed by atoms with van der Waals surface area (Å²) in [5, 5.41) is 0. The smallest absolute Gasteiger partial charge is 0.0464 e. The first kappa shape index (κ1) is 30.9. The van der Waals surface area contributed by atoms with E-state index in [0.717, 1.165) is 11.3 Å². The minimum Gasteiger partial charge on any atom is -0.317 e. The topological polar surface area (TPSA) is 4.93 Å². The van der Waals surface area contributed by atoms with Gasteiger partial charge in [0, 0.05) is 17.3 Å². The lowest BCUT2D eigenvalue weighted by Gasteiger charge is -2.39. The van der Waals surface area contributed by atoms with Crippen LogP contribution in [0.15, 0.2) is 48.7 Å². The summed E-state index contributed by atoms with van der Waals surface area (Å²) < 4.78 is 2.51. The van der Waals surface area contributed by atoms with Gasteiger partial charge in [0.2, 0.25) is 0 Å². The molecule has 0 N–H and O–H groups in total. The Morgan fingerprint density at radius 1 is 0.622 bits per heavy atom. The van der Waals surface area contributed by atoms with Gasteiger partial charge >= 0.3 is 0 Å². The Morgan fingerprint density at radius 2 is 1.11 bits per heavy atom. The molecule has 2 fully saturated rings. The monoisotopic (exact) mass is 541 g/mol. The van der Waals surface area contributed by atoms with Crippen LogP contribution in [-0.2, 0) is 0 Å². The van der Waals surface area contributed by atoms with Crippen molar-refractivity contribution < 1.29 is 0 Å². The quantitative estimate of drug-likeness (QED) is 0.222. The molecule has 0 bridgehead atoms. The SMILES string of the molecule is CCCCP(CCCC)CCCC.c1ccc(-n2cccc2P(C2CCCCC2)C2CCCCC2)cc1. The third kappa shape index (κ3) is 10.5. The molecule has 0 radical (unpaired) electrons. The van der Waals surface area contributed by atoms with Crippen molar-refractivity contribution in [2.75, 3.05) is 18.5 Å². The average molecular weight is 542 g/mol. The zero-order valence-electron chi connectivity index (χ0n) is 24.6. The van der Waals surface area contributed by atoms with Gasteiger partial charge in [0.25, 0.3) is 0 Å². The van der Waals surface area contributed by atoms with Crippen LogP contribution >= 0.6 is 15.8 Å². The summed E-state index contributed by atoms with van der Waals surface area (Å²) in [4.78, 5) is 0. The van der Waals surface area contributed by atoms with Crippen molar-refractivity contribution in [3.05, 3.63) is 48.7 Å². The van der Waals surface area contributed by atoms with Crippen LogP contribution < -0.4 is 5.44 Å². The van der Waals surface area contributed by atoms with Crippen molar-refractivity contribution in [2.45, 2.75) is 135 Å². The molecule has 1 aromatic heterocycles. The Bertz CT molecular complexity index is 767. The number of rotatable bonds is 13. The van der Waals surface area contributed by atoms with Crippen molar-refractivity contribution in [3.8, 4) is 5.69 Å². The highest BCUT2D eigenvalue weighted by Gasteiger charge is 2.33. The Kier molecular flexibility index (Phi) is 15.5. The predicted molar refractivity (Wildman–Crippen MR) is 172 cm³/mol. The summed E-state index contributed by atoms with van der Waals surface area (Å²) in [5.41, 5.74) is 4.93. The summed E-state index contributed by atoms with van der Waals surface area (Å²) in [6.07, 6.45) is 30.2. The lowest BCUT2D eigenvalue weighted by atomic mass is 9.99. The van der Waals surface area contributed by atoms with Crippen molar-refractivity contribution >= 4 is 21.3 Å². The van der Waals surface area contributed by atoms with Crippen LogP contribution in [0.25, 0.3) is 5.69 Å². The molecule has 37 heavy (non-hydrogen) atoms. The number of hydrogen-bond acceptors (Lipinski definition) is 0. The van der Waals surface area contributed by atoms with E-state index < -0.39 is 0 Å². The van der Waals surface area contributed by atoms with Gasteiger partial charge in [0.1, 0.15) is 0 Å². The fourth-order valence-electron chi connectivity index (χ4n) is 6.26. The zero-order chi connectivity index (χ0) is 26.1. The summed E-state index contributed by atoms with van der Waals surface area (Å²) in [5.74, 6) is 0. The van der Waals surface area contributed by atoms with Gasteiger partial charge < -0.3 is 4.57 Å². The lowest BCUT2D eigenvalue weighted by molar-refractivity contribution is 0.486. The number of hydrogen-bond donors (Lipinski definition) is 0. The Hall–Kier alpha value is -0.640. The number of nitrogens with zero attached hydrogens (tertiary/aromatic N) is 1. The summed E-state index contributed by atoms with van der Waals surface area (Å²) in [6.45, 7) is 6.94. The number of benzene rings is 1. The molecule has 2 aromatic rings. The maximum atomic E-state index is 2.51. The van der Waals surface area contributed by atoms with Crippen LogP contribution in [0.4, 0.5) is 0 Å². The average Bonchev–Trinajstić information content (AvgIpc) is 3.44. The number of unbranched alkanes of at least 4 members (excludes halogenated alkanes) is 3. The molecule has 0 amide bonds. The van der Waals surface area contributed by atoms with E-state index in [1.807, 2.05) is 0 Å². The van der Waals surface area contributed by atoms with Crippen molar-refractivity contribution in [1.82, 2.24) is 4.57 Å². The fourth-order valence-corrected chi connectivity index (χ4v) is 13.1. The van der Waals surface area contributed by atoms with Gasteiger partial charge in [-0.05, 0) is 99.0 Å². The molecule has 2 aliphatic carbocycles. The van der Waals surface area contributed by atoms with Gasteiger partial charge in [-0.3, -0.25) is 0 Å². The Morgan fingerprint density at radius 3 is 1.57 bits per heavy atom. The molecule has 1 heterocycles. The standard InChI is InChI=1S/C22H30NP.C12H27P/c1-4-11-19(12-5-1)23-18-10-17-22(23)24(20-13-6-2-7-14-20)21-15-8-3-9-16-21;1-4-7-10-13(11-8-5-2)12-9-6-3/h1,4-5,10-12,17-18,20-21H,2-3,6-9,13-16H2;4-12H2,1-3H3. The van der Waals surface area contributed by atoms with Gasteiger partial charge in [-0.2, -0.15) is 0 Å². The molecule has 0 atom stereocenters. The van der Waals surface area contributed by atoms with Gasteiger partial charge in [0.05, 0.1) is 0 Å². The van der Waals surface area contributed by atoms with E-state index in [1.54, 1.807) is 23.9 Å². The second kappa shape index (κ2) is 18.6. The molecule has 3 heteroatoms. The minimum atomic E-state index is -0.0365. The molecule has 2 aliphatic rings. The molecule has 1 nitrogen and oxygen atoms in total. The first-order valence-electron chi connectivity index (χ1n) is 16.0. The minimum absolute atomic E-state index is 0.0365. The van der Waals surface area contributed by atoms with Crippen LogP contribution in [0.5, 0.6) is 0 Å². The van der Waals surface area contributed by atoms with Crippen molar-refractivity contribution in [2.24, 2.45) is 0 Å². The highest BCUT2D eigenvalue weighted by Crippen LogP contribution is 2.55. The molecule has 0 saturated heterocycles. The molecule has 2 saturated carbocycles. The molecule has 0 unspecified atom stereocenters. The Labute approximate surface area is 233 Å². The maximum Gasteiger partial charge on any atom is 0.0464 e. The van der Waals surface area contributed by atoms with Crippen molar-refractivity contribution in [1.29, 1.82) is 0 Å². The van der Waals surface area contributed by atoms with Crippen LogP contribution in [0, 0.1) is 0 Å². The second-order valence-electron chi connectivity index (χ2n) is 11.5. The fraction of sp³-hybridized carbons (Fsp3) is 0.706. The van der Waals surface area contributed by atoms with Gasteiger partial charge in [-0.25, -0.2) is 0 Å². The maximum absolute atomic E-state index is 2.51. The number of aromatic nitrogens is 1. The summed E-state index contributed by atoms with van der Waals surface area (Å²) >= 11 is 0. The van der Waals surface area contributed by atoms with Crippen LogP contribution in [0.2, 0.25) is 0 Å². The van der Waals surface area contributed by atoms with Gasteiger partial charge in [-0.1, -0.05) is 105 Å². The first-order chi connectivity index (χ1) is 18.3. The van der Waals surface area contributed by atoms with Crippen molar-refractivity contribution in [3.63, 3.8) is 0 Å². The Balaban J connectivity index is 0.000000251. The third-order valence-electron chi connectivity index (χ3n) is 8.45. The van der Waals surface area contributed by atoms with Crippen LogP contribution in [-0.4, -0.2) is 34.4 Å². The van der Waals surface area contributed by atoms with E-state index in [4.69, 9.17) is 0 Å². The third-order valence-corrected chi connectivity index (χ3v) is 14.8. The lowest BCUT2D eigenvalue weighted by Crippen LogP contribution is -2.29. The van der Waals surface area contributed by atoms with Crippen LogP contribution in [0.1, 0.15) is 124 Å².